The van der Waals surface area contributed by atoms with Crippen LogP contribution >= 0.6 is 0 Å². The van der Waals surface area contributed by atoms with Crippen molar-refractivity contribution in [3.63, 3.8) is 0 Å². The molecule has 8 nitrogen and oxygen atoms in total. The Kier molecular flexibility index (Phi) is 4.28. The Morgan fingerprint density at radius 3 is 2.50 bits per heavy atom. The fourth-order valence-electron chi connectivity index (χ4n) is 2.11. The van der Waals surface area contributed by atoms with Crippen molar-refractivity contribution in [2.75, 3.05) is 5.32 Å². The molecule has 8 heteroatoms. The number of benzene rings is 2. The first-order valence-corrected chi connectivity index (χ1v) is 7.11. The minimum absolute atomic E-state index is 0.0724. The number of amides is 1. The fraction of sp³-hybridized carbons (Fsp3) is 0.0625. The number of hydrogen-bond donors (Lipinski definition) is 1. The van der Waals surface area contributed by atoms with E-state index in [1.807, 2.05) is 30.3 Å². The Morgan fingerprint density at radius 2 is 1.83 bits per heavy atom. The van der Waals surface area contributed by atoms with Crippen LogP contribution in [0.15, 0.2) is 60.9 Å². The second kappa shape index (κ2) is 6.69. The maximum atomic E-state index is 12.1. The summed E-state index contributed by atoms with van der Waals surface area (Å²) in [6.45, 7) is 0.543. The molecule has 0 radical (unpaired) electrons. The normalized spacial score (nSPS) is 10.3. The van der Waals surface area contributed by atoms with Crippen LogP contribution in [0, 0.1) is 10.1 Å². The highest BCUT2D eigenvalue weighted by atomic mass is 16.6. The molecule has 0 aliphatic rings. The zero-order chi connectivity index (χ0) is 16.9. The maximum Gasteiger partial charge on any atom is 0.269 e. The number of aromatic nitrogens is 3. The predicted octanol–water partition coefficient (Wildman–Crippen LogP) is 2.49. The summed E-state index contributed by atoms with van der Waals surface area (Å²) in [5, 5.41) is 17.4. The zero-order valence-corrected chi connectivity index (χ0v) is 12.5. The van der Waals surface area contributed by atoms with E-state index in [1.54, 1.807) is 4.68 Å². The number of nitro benzene ring substituents is 1. The van der Waals surface area contributed by atoms with Gasteiger partial charge in [0.1, 0.15) is 6.33 Å². The van der Waals surface area contributed by atoms with Gasteiger partial charge in [0.25, 0.3) is 11.6 Å². The van der Waals surface area contributed by atoms with Gasteiger partial charge in [0.15, 0.2) is 0 Å². The summed E-state index contributed by atoms with van der Waals surface area (Å²) in [6.07, 6.45) is 1.53. The highest BCUT2D eigenvalue weighted by Crippen LogP contribution is 2.13. The standard InChI is InChI=1S/C16H13N5O3/c22-15(13-6-8-14(9-7-13)21(23)24)18-16-17-11-20(19-16)10-12-4-2-1-3-5-12/h1-9,11H,10H2,(H,18,19,22). The first-order valence-electron chi connectivity index (χ1n) is 7.11. The molecular formula is C16H13N5O3. The van der Waals surface area contributed by atoms with Crippen LogP contribution in [0.25, 0.3) is 0 Å². The van der Waals surface area contributed by atoms with E-state index >= 15 is 0 Å². The Labute approximate surface area is 136 Å². The summed E-state index contributed by atoms with van der Waals surface area (Å²) in [6, 6.07) is 15.1. The molecule has 0 fully saturated rings. The molecule has 0 aliphatic heterocycles. The van der Waals surface area contributed by atoms with Crippen molar-refractivity contribution in [3.05, 3.63) is 82.2 Å². The van der Waals surface area contributed by atoms with Crippen LogP contribution in [0.4, 0.5) is 11.6 Å². The highest BCUT2D eigenvalue weighted by molar-refractivity contribution is 6.03. The topological polar surface area (TPSA) is 103 Å². The molecule has 0 unspecified atom stereocenters. The van der Waals surface area contributed by atoms with Crippen LogP contribution in [0.5, 0.6) is 0 Å². The van der Waals surface area contributed by atoms with Gasteiger partial charge in [-0.1, -0.05) is 30.3 Å². The van der Waals surface area contributed by atoms with Gasteiger partial charge in [-0.05, 0) is 17.7 Å². The lowest BCUT2D eigenvalue weighted by Crippen LogP contribution is -2.13. The molecule has 0 saturated carbocycles. The molecule has 0 aliphatic carbocycles. The Morgan fingerprint density at radius 1 is 1.12 bits per heavy atom. The maximum absolute atomic E-state index is 12.1. The molecule has 3 aromatic rings. The Balaban J connectivity index is 1.65. The van der Waals surface area contributed by atoms with E-state index in [1.165, 1.54) is 30.6 Å². The van der Waals surface area contributed by atoms with Crippen LogP contribution in [0.1, 0.15) is 15.9 Å². The van der Waals surface area contributed by atoms with E-state index in [9.17, 15) is 14.9 Å². The number of hydrogen-bond acceptors (Lipinski definition) is 5. The highest BCUT2D eigenvalue weighted by Gasteiger charge is 2.11. The number of rotatable bonds is 5. The predicted molar refractivity (Wildman–Crippen MR) is 86.6 cm³/mol. The first-order chi connectivity index (χ1) is 11.6. The van der Waals surface area contributed by atoms with Crippen LogP contribution in [-0.2, 0) is 6.54 Å². The van der Waals surface area contributed by atoms with Crippen molar-refractivity contribution in [1.29, 1.82) is 0 Å². The van der Waals surface area contributed by atoms with E-state index in [-0.39, 0.29) is 11.6 Å². The molecule has 0 bridgehead atoms. The molecule has 0 atom stereocenters. The third-order valence-corrected chi connectivity index (χ3v) is 3.29. The molecule has 1 aromatic heterocycles. The van der Waals surface area contributed by atoms with Gasteiger partial charge in [-0.2, -0.15) is 0 Å². The monoisotopic (exact) mass is 323 g/mol. The summed E-state index contributed by atoms with van der Waals surface area (Å²) in [5.74, 6) is -0.253. The third kappa shape index (κ3) is 3.61. The van der Waals surface area contributed by atoms with Crippen LogP contribution in [-0.4, -0.2) is 25.6 Å². The summed E-state index contributed by atoms with van der Waals surface area (Å²) in [7, 11) is 0. The molecule has 2 aromatic carbocycles. The summed E-state index contributed by atoms with van der Waals surface area (Å²) < 4.78 is 1.61. The molecule has 0 spiro atoms. The molecule has 24 heavy (non-hydrogen) atoms. The van der Waals surface area contributed by atoms with Gasteiger partial charge in [0, 0.05) is 17.7 Å². The Bertz CT molecular complexity index is 859. The summed E-state index contributed by atoms with van der Waals surface area (Å²) in [5.41, 5.74) is 1.28. The SMILES string of the molecule is O=C(Nc1ncn(Cc2ccccc2)n1)c1ccc([N+](=O)[O-])cc1. The average molecular weight is 323 g/mol. The van der Waals surface area contributed by atoms with Crippen LogP contribution in [0.3, 0.4) is 0 Å². The number of non-ortho nitro benzene ring substituents is 1. The van der Waals surface area contributed by atoms with Crippen molar-refractivity contribution in [2.24, 2.45) is 0 Å². The first kappa shape index (κ1) is 15.3. The summed E-state index contributed by atoms with van der Waals surface area (Å²) in [4.78, 5) is 26.2. The number of nitrogens with one attached hydrogen (secondary N) is 1. The largest absolute Gasteiger partial charge is 0.289 e. The number of nitrogens with zero attached hydrogens (tertiary/aromatic N) is 4. The lowest BCUT2D eigenvalue weighted by molar-refractivity contribution is -0.384. The molecule has 1 heterocycles. The van der Waals surface area contributed by atoms with Crippen molar-refractivity contribution in [2.45, 2.75) is 6.54 Å². The van der Waals surface area contributed by atoms with E-state index in [2.05, 4.69) is 15.4 Å². The van der Waals surface area contributed by atoms with Crippen molar-refractivity contribution >= 4 is 17.5 Å². The van der Waals surface area contributed by atoms with Gasteiger partial charge >= 0.3 is 0 Å². The summed E-state index contributed by atoms with van der Waals surface area (Å²) >= 11 is 0. The van der Waals surface area contributed by atoms with Gasteiger partial charge in [-0.15, -0.1) is 5.10 Å². The number of anilines is 1. The second-order valence-corrected chi connectivity index (χ2v) is 5.01. The number of nitro groups is 1. The van der Waals surface area contributed by atoms with Crippen molar-refractivity contribution in [1.82, 2.24) is 14.8 Å². The van der Waals surface area contributed by atoms with Crippen molar-refractivity contribution < 1.29 is 9.72 Å². The quantitative estimate of drug-likeness (QED) is 0.574. The third-order valence-electron chi connectivity index (χ3n) is 3.29. The lowest BCUT2D eigenvalue weighted by atomic mass is 10.2. The van der Waals surface area contributed by atoms with Gasteiger partial charge in [0.2, 0.25) is 5.95 Å². The molecule has 120 valence electrons. The van der Waals surface area contributed by atoms with Gasteiger partial charge in [-0.25, -0.2) is 9.67 Å². The second-order valence-electron chi connectivity index (χ2n) is 5.01. The van der Waals surface area contributed by atoms with E-state index in [0.717, 1.165) is 5.56 Å². The van der Waals surface area contributed by atoms with E-state index < -0.39 is 10.8 Å². The number of carbonyl (C=O) groups excluding carboxylic acids is 1. The van der Waals surface area contributed by atoms with Gasteiger partial charge in [-0.3, -0.25) is 20.2 Å². The lowest BCUT2D eigenvalue weighted by Gasteiger charge is -2.02. The smallest absolute Gasteiger partial charge is 0.269 e. The zero-order valence-electron chi connectivity index (χ0n) is 12.5. The average Bonchev–Trinajstić information content (AvgIpc) is 3.02. The molecule has 1 N–H and O–H groups in total. The van der Waals surface area contributed by atoms with Crippen LogP contribution < -0.4 is 5.32 Å². The Hall–Kier alpha value is -3.55. The van der Waals surface area contributed by atoms with Crippen molar-refractivity contribution in [3.8, 4) is 0 Å². The van der Waals surface area contributed by atoms with Crippen LogP contribution in [0.2, 0.25) is 0 Å². The molecule has 0 saturated heterocycles. The fourth-order valence-corrected chi connectivity index (χ4v) is 2.11. The van der Waals surface area contributed by atoms with Gasteiger partial charge < -0.3 is 0 Å². The minimum atomic E-state index is -0.519. The van der Waals surface area contributed by atoms with Gasteiger partial charge in [0.05, 0.1) is 11.5 Å². The number of carbonyl (C=O) groups is 1. The van der Waals surface area contributed by atoms with E-state index in [0.29, 0.717) is 12.1 Å². The van der Waals surface area contributed by atoms with E-state index in [4.69, 9.17) is 0 Å². The molecular weight excluding hydrogens is 310 g/mol. The minimum Gasteiger partial charge on any atom is -0.289 e. The molecule has 3 rings (SSSR count). The molecule has 1 amide bonds.